The van der Waals surface area contributed by atoms with Crippen molar-refractivity contribution in [1.82, 2.24) is 0 Å². The molecule has 0 N–H and O–H groups in total. The highest BCUT2D eigenvalue weighted by Crippen LogP contribution is 2.15. The Labute approximate surface area is 390 Å². The van der Waals surface area contributed by atoms with Crippen LogP contribution in [0.5, 0.6) is 0 Å². The number of unbranched alkanes of at least 4 members (excludes halogenated alkanes) is 31. The highest BCUT2D eigenvalue weighted by molar-refractivity contribution is 5.71. The van der Waals surface area contributed by atoms with Crippen LogP contribution in [0.4, 0.5) is 0 Å². The van der Waals surface area contributed by atoms with Crippen LogP contribution in [0.25, 0.3) is 0 Å². The zero-order chi connectivity index (χ0) is 45.8. The monoisotopic (exact) mass is 883 g/mol. The van der Waals surface area contributed by atoms with E-state index in [9.17, 15) is 14.4 Å². The Hall–Kier alpha value is -2.63. The molecule has 0 heterocycles. The first-order valence-corrected chi connectivity index (χ1v) is 27.2. The molecular weight excluding hydrogens is 781 g/mol. The fourth-order valence-electron chi connectivity index (χ4n) is 7.64. The molecule has 63 heavy (non-hydrogen) atoms. The number of hydrogen-bond donors (Lipinski definition) is 0. The Kier molecular flexibility index (Phi) is 49.8. The fourth-order valence-corrected chi connectivity index (χ4v) is 7.64. The van der Waals surface area contributed by atoms with Gasteiger partial charge in [-0.15, -0.1) is 0 Å². The molecule has 0 amide bonds. The summed E-state index contributed by atoms with van der Waals surface area (Å²) in [5, 5.41) is 0. The second kappa shape index (κ2) is 52.0. The summed E-state index contributed by atoms with van der Waals surface area (Å²) in [5.74, 6) is -0.914. The van der Waals surface area contributed by atoms with Crippen molar-refractivity contribution in [2.24, 2.45) is 0 Å². The van der Waals surface area contributed by atoms with Crippen molar-refractivity contribution in [3.05, 3.63) is 48.6 Å². The van der Waals surface area contributed by atoms with E-state index >= 15 is 0 Å². The Balaban J connectivity index is 4.34. The highest BCUT2D eigenvalue weighted by Gasteiger charge is 2.19. The van der Waals surface area contributed by atoms with Gasteiger partial charge in [-0.1, -0.05) is 217 Å². The van der Waals surface area contributed by atoms with Gasteiger partial charge in [0.05, 0.1) is 0 Å². The van der Waals surface area contributed by atoms with E-state index in [0.29, 0.717) is 19.3 Å². The normalized spacial score (nSPS) is 12.4. The maximum atomic E-state index is 12.8. The molecule has 1 unspecified atom stereocenters. The lowest BCUT2D eigenvalue weighted by Crippen LogP contribution is -2.30. The number of carbonyl (C=O) groups excluding carboxylic acids is 3. The zero-order valence-electron chi connectivity index (χ0n) is 41.8. The molecule has 0 saturated heterocycles. The van der Waals surface area contributed by atoms with Crippen molar-refractivity contribution in [2.45, 2.75) is 284 Å². The van der Waals surface area contributed by atoms with Crippen LogP contribution in [0, 0.1) is 0 Å². The topological polar surface area (TPSA) is 78.9 Å². The molecule has 6 nitrogen and oxygen atoms in total. The molecule has 1 atom stereocenters. The van der Waals surface area contributed by atoms with Crippen molar-refractivity contribution >= 4 is 17.9 Å². The molecule has 0 aliphatic carbocycles. The van der Waals surface area contributed by atoms with E-state index in [2.05, 4.69) is 69.4 Å². The first kappa shape index (κ1) is 60.4. The molecular formula is C57H102O6. The van der Waals surface area contributed by atoms with Crippen molar-refractivity contribution in [3.8, 4) is 0 Å². The van der Waals surface area contributed by atoms with Crippen LogP contribution in [-0.2, 0) is 28.6 Å². The van der Waals surface area contributed by atoms with Crippen LogP contribution in [0.2, 0.25) is 0 Å². The molecule has 0 aromatic heterocycles. The van der Waals surface area contributed by atoms with Gasteiger partial charge >= 0.3 is 17.9 Å². The number of allylic oxidation sites excluding steroid dienone is 8. The molecule has 0 aliphatic heterocycles. The highest BCUT2D eigenvalue weighted by atomic mass is 16.6. The van der Waals surface area contributed by atoms with E-state index < -0.39 is 6.10 Å². The van der Waals surface area contributed by atoms with Crippen LogP contribution in [-0.4, -0.2) is 37.2 Å². The molecule has 0 aromatic rings. The van der Waals surface area contributed by atoms with E-state index in [-0.39, 0.29) is 31.1 Å². The van der Waals surface area contributed by atoms with Gasteiger partial charge in [-0.25, -0.2) is 0 Å². The van der Waals surface area contributed by atoms with Crippen LogP contribution < -0.4 is 0 Å². The molecule has 0 spiro atoms. The van der Waals surface area contributed by atoms with E-state index in [4.69, 9.17) is 14.2 Å². The SMILES string of the molecule is CCCC/C=C\C=C/CCCCCC(=O)OCC(COC(=O)CCCCCCCCC/C=C\CCCCCCCCCC)OC(=O)CCCCCCCCC/C=C\CCCCCC. The number of rotatable bonds is 49. The average molecular weight is 883 g/mol. The second-order valence-electron chi connectivity index (χ2n) is 18.2. The molecule has 0 aromatic carbocycles. The standard InChI is InChI=1S/C57H102O6/c1-4-7-10-13-16-19-22-24-26-27-28-29-31-32-35-38-41-44-47-50-56(59)62-53-54(52-61-55(58)49-46-43-40-37-34-21-18-15-12-9-6-3)63-57(60)51-48-45-42-39-36-33-30-25-23-20-17-14-11-8-5-2/h15,18,20-21,23,27-28,34,54H,4-14,16-17,19,22,24-26,29-33,35-53H2,1-3H3/b18-15-,23-20-,28-27-,34-21-. The molecule has 6 heteroatoms. The third kappa shape index (κ3) is 50.2. The molecule has 0 saturated carbocycles. The molecule has 0 aliphatic rings. The Morgan fingerprint density at radius 1 is 0.317 bits per heavy atom. The van der Waals surface area contributed by atoms with Gasteiger partial charge in [-0.2, -0.15) is 0 Å². The van der Waals surface area contributed by atoms with Crippen LogP contribution in [0.15, 0.2) is 48.6 Å². The Morgan fingerprint density at radius 3 is 0.968 bits per heavy atom. The number of carbonyl (C=O) groups is 3. The fraction of sp³-hybridized carbons (Fsp3) is 0.807. The quantitative estimate of drug-likeness (QED) is 0.0199. The summed E-state index contributed by atoms with van der Waals surface area (Å²) in [6, 6.07) is 0. The van der Waals surface area contributed by atoms with E-state index in [0.717, 1.165) is 70.6 Å². The first-order valence-electron chi connectivity index (χ1n) is 27.2. The molecule has 0 fully saturated rings. The number of hydrogen-bond acceptors (Lipinski definition) is 6. The predicted molar refractivity (Wildman–Crippen MR) is 270 cm³/mol. The molecule has 366 valence electrons. The lowest BCUT2D eigenvalue weighted by molar-refractivity contribution is -0.167. The zero-order valence-corrected chi connectivity index (χ0v) is 41.8. The van der Waals surface area contributed by atoms with Crippen molar-refractivity contribution in [1.29, 1.82) is 0 Å². The minimum absolute atomic E-state index is 0.0846. The van der Waals surface area contributed by atoms with E-state index in [1.165, 1.54) is 167 Å². The van der Waals surface area contributed by atoms with E-state index in [1.54, 1.807) is 0 Å². The summed E-state index contributed by atoms with van der Waals surface area (Å²) < 4.78 is 16.8. The summed E-state index contributed by atoms with van der Waals surface area (Å²) in [6.07, 6.45) is 62.4. The van der Waals surface area contributed by atoms with Crippen molar-refractivity contribution in [2.75, 3.05) is 13.2 Å². The number of ether oxygens (including phenoxy) is 3. The summed E-state index contributed by atoms with van der Waals surface area (Å²) >= 11 is 0. The first-order chi connectivity index (χ1) is 31.0. The lowest BCUT2D eigenvalue weighted by Gasteiger charge is -2.18. The van der Waals surface area contributed by atoms with Crippen molar-refractivity contribution < 1.29 is 28.6 Å². The summed E-state index contributed by atoms with van der Waals surface area (Å²) in [6.45, 7) is 6.56. The average Bonchev–Trinajstić information content (AvgIpc) is 3.28. The van der Waals surface area contributed by atoms with Gasteiger partial charge in [-0.05, 0) is 89.9 Å². The van der Waals surface area contributed by atoms with Crippen LogP contribution >= 0.6 is 0 Å². The second-order valence-corrected chi connectivity index (χ2v) is 18.2. The third-order valence-corrected chi connectivity index (χ3v) is 11.8. The molecule has 0 radical (unpaired) electrons. The van der Waals surface area contributed by atoms with Gasteiger partial charge in [0.2, 0.25) is 0 Å². The Bertz CT molecular complexity index is 1110. The van der Waals surface area contributed by atoms with E-state index in [1.807, 2.05) is 0 Å². The summed E-state index contributed by atoms with van der Waals surface area (Å²) in [5.41, 5.74) is 0. The van der Waals surface area contributed by atoms with Crippen LogP contribution in [0.1, 0.15) is 278 Å². The minimum atomic E-state index is -0.786. The smallest absolute Gasteiger partial charge is 0.306 e. The minimum Gasteiger partial charge on any atom is -0.462 e. The van der Waals surface area contributed by atoms with Gasteiger partial charge in [0.15, 0.2) is 6.10 Å². The van der Waals surface area contributed by atoms with Crippen molar-refractivity contribution in [3.63, 3.8) is 0 Å². The molecule has 0 rings (SSSR count). The van der Waals surface area contributed by atoms with Gasteiger partial charge in [0.25, 0.3) is 0 Å². The lowest BCUT2D eigenvalue weighted by atomic mass is 10.1. The van der Waals surface area contributed by atoms with Gasteiger partial charge in [0.1, 0.15) is 13.2 Å². The van der Waals surface area contributed by atoms with Gasteiger partial charge < -0.3 is 14.2 Å². The summed E-state index contributed by atoms with van der Waals surface area (Å²) in [4.78, 5) is 38.0. The maximum Gasteiger partial charge on any atom is 0.306 e. The van der Waals surface area contributed by atoms with Crippen LogP contribution in [0.3, 0.4) is 0 Å². The predicted octanol–water partition coefficient (Wildman–Crippen LogP) is 17.9. The third-order valence-electron chi connectivity index (χ3n) is 11.8. The van der Waals surface area contributed by atoms with Gasteiger partial charge in [0, 0.05) is 19.3 Å². The largest absolute Gasteiger partial charge is 0.462 e. The maximum absolute atomic E-state index is 12.8. The molecule has 0 bridgehead atoms. The Morgan fingerprint density at radius 2 is 0.587 bits per heavy atom. The van der Waals surface area contributed by atoms with Gasteiger partial charge in [-0.3, -0.25) is 14.4 Å². The summed E-state index contributed by atoms with van der Waals surface area (Å²) in [7, 11) is 0. The number of esters is 3.